The van der Waals surface area contributed by atoms with Crippen molar-refractivity contribution in [1.82, 2.24) is 5.06 Å². The van der Waals surface area contributed by atoms with Gasteiger partial charge in [0.05, 0.1) is 13.2 Å². The Hall–Kier alpha value is -1.80. The van der Waals surface area contributed by atoms with Crippen LogP contribution in [0.15, 0.2) is 38.7 Å². The highest BCUT2D eigenvalue weighted by Gasteiger charge is 2.33. The third-order valence-corrected chi connectivity index (χ3v) is 3.63. The maximum Gasteiger partial charge on any atom is 0.226 e. The molecule has 0 unspecified atom stereocenters. The maximum absolute atomic E-state index is 5.87. The zero-order valence-corrected chi connectivity index (χ0v) is 15.1. The average molecular weight is 384 g/mol. The highest BCUT2D eigenvalue weighted by molar-refractivity contribution is 9.10. The largest absolute Gasteiger partial charge is 0.493 e. The molecule has 1 heterocycles. The van der Waals surface area contributed by atoms with Crippen LogP contribution in [0.3, 0.4) is 0 Å². The van der Waals surface area contributed by atoms with Crippen molar-refractivity contribution in [3.63, 3.8) is 0 Å². The number of hydroxylamine groups is 2. The first kappa shape index (κ1) is 17.6. The summed E-state index contributed by atoms with van der Waals surface area (Å²) >= 11 is 3.41. The fourth-order valence-corrected chi connectivity index (χ4v) is 2.44. The second-order valence-electron chi connectivity index (χ2n) is 5.90. The number of benzene rings is 1. The Labute approximate surface area is 144 Å². The number of guanidine groups is 2. The smallest absolute Gasteiger partial charge is 0.226 e. The van der Waals surface area contributed by atoms with E-state index in [0.717, 1.165) is 10.2 Å². The van der Waals surface area contributed by atoms with Crippen molar-refractivity contribution in [1.29, 1.82) is 0 Å². The summed E-state index contributed by atoms with van der Waals surface area (Å²) in [4.78, 5) is 13.9. The first-order valence-electron chi connectivity index (χ1n) is 7.29. The van der Waals surface area contributed by atoms with E-state index >= 15 is 0 Å². The van der Waals surface area contributed by atoms with Crippen molar-refractivity contribution in [2.45, 2.75) is 26.4 Å². The lowest BCUT2D eigenvalue weighted by Gasteiger charge is -2.37. The lowest BCUT2D eigenvalue weighted by Crippen LogP contribution is -2.54. The Kier molecular flexibility index (Phi) is 5.48. The molecule has 0 amide bonds. The van der Waals surface area contributed by atoms with Crippen LogP contribution < -0.4 is 16.2 Å². The topological polar surface area (TPSA) is 98.5 Å². The van der Waals surface area contributed by atoms with Crippen molar-refractivity contribution in [3.8, 4) is 5.75 Å². The molecule has 0 aliphatic carbocycles. The maximum atomic E-state index is 5.87. The summed E-state index contributed by atoms with van der Waals surface area (Å²) < 4.78 is 6.73. The van der Waals surface area contributed by atoms with Crippen molar-refractivity contribution in [2.24, 2.45) is 27.4 Å². The molecule has 1 aliphatic rings. The summed E-state index contributed by atoms with van der Waals surface area (Å²) in [6.45, 7) is 6.67. The third-order valence-electron chi connectivity index (χ3n) is 3.14. The van der Waals surface area contributed by atoms with E-state index in [4.69, 9.17) is 21.0 Å². The molecule has 4 N–H and O–H groups in total. The summed E-state index contributed by atoms with van der Waals surface area (Å²) in [5.41, 5.74) is 10.8. The first-order valence-corrected chi connectivity index (χ1v) is 8.08. The van der Waals surface area contributed by atoms with Gasteiger partial charge in [0.25, 0.3) is 0 Å². The summed E-state index contributed by atoms with van der Waals surface area (Å²) in [5.74, 6) is 1.31. The molecule has 2 rings (SSSR count). The summed E-state index contributed by atoms with van der Waals surface area (Å²) in [7, 11) is 0. The van der Waals surface area contributed by atoms with Gasteiger partial charge in [-0.3, -0.25) is 4.84 Å². The van der Waals surface area contributed by atoms with Gasteiger partial charge in [0.15, 0.2) is 5.66 Å². The van der Waals surface area contributed by atoms with E-state index in [1.54, 1.807) is 0 Å². The molecular weight excluding hydrogens is 362 g/mol. The first-order chi connectivity index (χ1) is 10.8. The quantitative estimate of drug-likeness (QED) is 0.783. The number of rotatable bonds is 6. The van der Waals surface area contributed by atoms with E-state index in [1.165, 1.54) is 5.06 Å². The predicted molar refractivity (Wildman–Crippen MR) is 93.9 cm³/mol. The number of nitrogens with zero attached hydrogens (tertiary/aromatic N) is 3. The number of hydrogen-bond donors (Lipinski definition) is 2. The molecule has 0 saturated heterocycles. The molecule has 0 saturated carbocycles. The number of halogens is 1. The fraction of sp³-hybridized carbons (Fsp3) is 0.467. The van der Waals surface area contributed by atoms with Gasteiger partial charge in [-0.05, 0) is 32.0 Å². The molecule has 0 aromatic heterocycles. The van der Waals surface area contributed by atoms with Crippen LogP contribution >= 0.6 is 15.9 Å². The van der Waals surface area contributed by atoms with Crippen molar-refractivity contribution in [2.75, 3.05) is 13.2 Å². The normalized spacial score (nSPS) is 18.2. The van der Waals surface area contributed by atoms with E-state index in [-0.39, 0.29) is 17.8 Å². The van der Waals surface area contributed by atoms with Gasteiger partial charge < -0.3 is 16.2 Å². The van der Waals surface area contributed by atoms with Crippen LogP contribution in [0.4, 0.5) is 0 Å². The highest BCUT2D eigenvalue weighted by atomic mass is 79.9. The average Bonchev–Trinajstić information content (AvgIpc) is 2.43. The molecule has 0 spiro atoms. The number of ether oxygens (including phenoxy) is 1. The van der Waals surface area contributed by atoms with Crippen molar-refractivity contribution in [3.05, 3.63) is 28.7 Å². The van der Waals surface area contributed by atoms with Gasteiger partial charge in [-0.25, -0.2) is 4.99 Å². The zero-order chi connectivity index (χ0) is 17.0. The Morgan fingerprint density at radius 3 is 2.70 bits per heavy atom. The molecule has 7 nitrogen and oxygen atoms in total. The van der Waals surface area contributed by atoms with E-state index < -0.39 is 5.66 Å². The summed E-state index contributed by atoms with van der Waals surface area (Å²) in [6, 6.07) is 7.71. The molecule has 0 fully saturated rings. The lowest BCUT2D eigenvalue weighted by atomic mass is 10.2. The zero-order valence-electron chi connectivity index (χ0n) is 13.5. The molecule has 0 bridgehead atoms. The van der Waals surface area contributed by atoms with Crippen LogP contribution in [0, 0.1) is 5.92 Å². The SMILES string of the molecule is C[C@@H](COc1cccc(Br)c1)CON1C(N)=NC(N)=NC1(C)C. The number of aliphatic imine (C=N–C) groups is 2. The predicted octanol–water partition coefficient (Wildman–Crippen LogP) is 2.08. The molecule has 126 valence electrons. The molecule has 1 atom stereocenters. The molecule has 8 heteroatoms. The second kappa shape index (κ2) is 7.18. The van der Waals surface area contributed by atoms with Gasteiger partial charge in [-0.2, -0.15) is 10.1 Å². The molecular formula is C15H22BrN5O2. The van der Waals surface area contributed by atoms with Crippen molar-refractivity contribution >= 4 is 27.8 Å². The fourth-order valence-electron chi connectivity index (χ4n) is 2.06. The van der Waals surface area contributed by atoms with Gasteiger partial charge in [0.2, 0.25) is 11.9 Å². The second-order valence-corrected chi connectivity index (χ2v) is 6.81. The summed E-state index contributed by atoms with van der Waals surface area (Å²) in [6.07, 6.45) is 0. The van der Waals surface area contributed by atoms with Crippen LogP contribution in [0.1, 0.15) is 20.8 Å². The molecule has 0 radical (unpaired) electrons. The van der Waals surface area contributed by atoms with E-state index in [1.807, 2.05) is 45.0 Å². The molecule has 1 aliphatic heterocycles. The van der Waals surface area contributed by atoms with Crippen molar-refractivity contribution < 1.29 is 9.57 Å². The van der Waals surface area contributed by atoms with E-state index in [9.17, 15) is 0 Å². The molecule has 1 aromatic carbocycles. The monoisotopic (exact) mass is 383 g/mol. The van der Waals surface area contributed by atoms with Gasteiger partial charge in [-0.1, -0.05) is 28.9 Å². The van der Waals surface area contributed by atoms with Crippen LogP contribution in [0.5, 0.6) is 5.75 Å². The Balaban J connectivity index is 1.84. The number of hydrogen-bond acceptors (Lipinski definition) is 7. The van der Waals surface area contributed by atoms with Crippen LogP contribution in [-0.4, -0.2) is 35.9 Å². The Morgan fingerprint density at radius 2 is 2.04 bits per heavy atom. The lowest BCUT2D eigenvalue weighted by molar-refractivity contribution is -0.167. The Bertz CT molecular complexity index is 618. The van der Waals surface area contributed by atoms with Crippen LogP contribution in [0.2, 0.25) is 0 Å². The summed E-state index contributed by atoms with van der Waals surface area (Å²) in [5, 5.41) is 1.47. The molecule has 23 heavy (non-hydrogen) atoms. The van der Waals surface area contributed by atoms with Gasteiger partial charge in [0.1, 0.15) is 5.75 Å². The van der Waals surface area contributed by atoms with Crippen LogP contribution in [-0.2, 0) is 4.84 Å². The third kappa shape index (κ3) is 4.84. The standard InChI is InChI=1S/C15H22BrN5O2/c1-10(8-22-12-6-4-5-11(16)7-12)9-23-21-14(18)19-13(17)20-15(21,2)3/h4-7,10H,8-9H2,1-3H3,(H4,17,18,19,20)/t10-/m0/s1. The highest BCUT2D eigenvalue weighted by Crippen LogP contribution is 2.21. The minimum Gasteiger partial charge on any atom is -0.493 e. The van der Waals surface area contributed by atoms with Gasteiger partial charge >= 0.3 is 0 Å². The minimum absolute atomic E-state index is 0.151. The van der Waals surface area contributed by atoms with E-state index in [2.05, 4.69) is 25.9 Å². The van der Waals surface area contributed by atoms with E-state index in [0.29, 0.717) is 13.2 Å². The van der Waals surface area contributed by atoms with Gasteiger partial charge in [-0.15, -0.1) is 0 Å². The number of nitrogens with two attached hydrogens (primary N) is 2. The minimum atomic E-state index is -0.694. The Morgan fingerprint density at radius 1 is 1.30 bits per heavy atom. The van der Waals surface area contributed by atoms with Gasteiger partial charge in [0, 0.05) is 10.4 Å². The molecule has 1 aromatic rings. The van der Waals surface area contributed by atoms with Crippen LogP contribution in [0.25, 0.3) is 0 Å².